The first kappa shape index (κ1) is 21.6. The van der Waals surface area contributed by atoms with Gasteiger partial charge in [-0.1, -0.05) is 75.4 Å². The van der Waals surface area contributed by atoms with Gasteiger partial charge in [0.2, 0.25) is 0 Å². The fraction of sp³-hybridized carbons (Fsp3) is 0.591. The van der Waals surface area contributed by atoms with Crippen LogP contribution in [-0.4, -0.2) is 23.6 Å². The first-order valence-corrected chi connectivity index (χ1v) is 9.62. The number of hydrogen-bond donors (Lipinski definition) is 1. The van der Waals surface area contributed by atoms with Gasteiger partial charge in [0.15, 0.2) is 0 Å². The number of Topliss-reactive ketones (excluding diaryl/α,β-unsaturated/α-hetero) is 1. The van der Waals surface area contributed by atoms with Crippen LogP contribution in [0, 0.1) is 5.92 Å². The van der Waals surface area contributed by atoms with Gasteiger partial charge in [0.1, 0.15) is 5.78 Å². The van der Waals surface area contributed by atoms with Gasteiger partial charge in [0, 0.05) is 12.3 Å². The largest absolute Gasteiger partial charge is 0.390 e. The normalized spacial score (nSPS) is 13.4. The Morgan fingerprint density at radius 2 is 1.84 bits per heavy atom. The molecule has 0 amide bonds. The van der Waals surface area contributed by atoms with E-state index in [-0.39, 0.29) is 12.4 Å². The lowest BCUT2D eigenvalue weighted by molar-refractivity contribution is -0.128. The Balaban J connectivity index is 2.32. The summed E-state index contributed by atoms with van der Waals surface area (Å²) in [6.07, 6.45) is 8.93. The van der Waals surface area contributed by atoms with Gasteiger partial charge < -0.3 is 9.84 Å². The highest BCUT2D eigenvalue weighted by Crippen LogP contribution is 2.17. The standard InChI is InChI=1S/C22H34O3/c1-3-5-6-7-8-12-16-21(23)20(13-4-2)22(24)18-25-17-19-14-10-9-11-15-19/h4,9-11,14-15,20,22,24H,2-3,5-8,12-13,16-18H2,1H3/t20-,22+/m1/s1. The second-order valence-electron chi connectivity index (χ2n) is 6.68. The molecule has 1 aromatic rings. The van der Waals surface area contributed by atoms with Crippen LogP contribution in [0.3, 0.4) is 0 Å². The molecule has 0 spiro atoms. The number of aliphatic hydroxyl groups is 1. The van der Waals surface area contributed by atoms with Gasteiger partial charge in [-0.3, -0.25) is 4.79 Å². The van der Waals surface area contributed by atoms with Crippen molar-refractivity contribution in [2.75, 3.05) is 6.61 Å². The number of benzene rings is 1. The maximum absolute atomic E-state index is 12.4. The maximum atomic E-state index is 12.4. The average Bonchev–Trinajstić information content (AvgIpc) is 2.63. The molecule has 0 saturated heterocycles. The van der Waals surface area contributed by atoms with E-state index in [4.69, 9.17) is 4.74 Å². The van der Waals surface area contributed by atoms with Crippen molar-refractivity contribution < 1.29 is 14.6 Å². The first-order chi connectivity index (χ1) is 12.2. The van der Waals surface area contributed by atoms with Crippen LogP contribution in [0.4, 0.5) is 0 Å². The van der Waals surface area contributed by atoms with Crippen molar-refractivity contribution in [3.8, 4) is 0 Å². The third-order valence-corrected chi connectivity index (χ3v) is 4.48. The lowest BCUT2D eigenvalue weighted by atomic mass is 9.91. The van der Waals surface area contributed by atoms with Gasteiger partial charge in [0.05, 0.1) is 19.3 Å². The number of hydrogen-bond acceptors (Lipinski definition) is 3. The van der Waals surface area contributed by atoms with E-state index >= 15 is 0 Å². The third kappa shape index (κ3) is 9.57. The number of aliphatic hydroxyl groups excluding tert-OH is 1. The number of allylic oxidation sites excluding steroid dienone is 1. The second-order valence-corrected chi connectivity index (χ2v) is 6.68. The van der Waals surface area contributed by atoms with E-state index in [9.17, 15) is 9.90 Å². The summed E-state index contributed by atoms with van der Waals surface area (Å²) in [5, 5.41) is 10.4. The highest BCUT2D eigenvalue weighted by Gasteiger charge is 2.25. The van der Waals surface area contributed by atoms with Crippen molar-refractivity contribution >= 4 is 5.78 Å². The van der Waals surface area contributed by atoms with Crippen LogP contribution in [0.15, 0.2) is 43.0 Å². The van der Waals surface area contributed by atoms with Gasteiger partial charge in [-0.2, -0.15) is 0 Å². The number of rotatable bonds is 15. The SMILES string of the molecule is C=CC[C@H](C(=O)CCCCCCCC)[C@@H](O)COCc1ccccc1. The van der Waals surface area contributed by atoms with Crippen molar-refractivity contribution in [2.45, 2.75) is 71.0 Å². The molecule has 0 aliphatic heterocycles. The molecule has 0 aliphatic rings. The van der Waals surface area contributed by atoms with Crippen LogP contribution >= 0.6 is 0 Å². The second kappa shape index (κ2) is 13.8. The Hall–Kier alpha value is -1.45. The number of carbonyl (C=O) groups is 1. The van der Waals surface area contributed by atoms with Crippen LogP contribution in [0.2, 0.25) is 0 Å². The van der Waals surface area contributed by atoms with E-state index in [1.54, 1.807) is 6.08 Å². The molecule has 1 rings (SSSR count). The molecule has 1 N–H and O–H groups in total. The van der Waals surface area contributed by atoms with E-state index in [2.05, 4.69) is 13.5 Å². The fourth-order valence-electron chi connectivity index (χ4n) is 2.94. The minimum atomic E-state index is -0.769. The lowest BCUT2D eigenvalue weighted by Crippen LogP contribution is -2.31. The van der Waals surface area contributed by atoms with Gasteiger partial charge >= 0.3 is 0 Å². The fourth-order valence-corrected chi connectivity index (χ4v) is 2.94. The minimum absolute atomic E-state index is 0.131. The van der Waals surface area contributed by atoms with Crippen LogP contribution < -0.4 is 0 Å². The predicted octanol–water partition coefficient (Wildman–Crippen LogP) is 5.08. The summed E-state index contributed by atoms with van der Waals surface area (Å²) in [6, 6.07) is 9.84. The monoisotopic (exact) mass is 346 g/mol. The summed E-state index contributed by atoms with van der Waals surface area (Å²) >= 11 is 0. The molecule has 3 heteroatoms. The minimum Gasteiger partial charge on any atom is -0.390 e. The van der Waals surface area contributed by atoms with Gasteiger partial charge in [-0.25, -0.2) is 0 Å². The smallest absolute Gasteiger partial charge is 0.138 e. The molecule has 0 radical (unpaired) electrons. The van der Waals surface area contributed by atoms with Crippen LogP contribution in [-0.2, 0) is 16.1 Å². The maximum Gasteiger partial charge on any atom is 0.138 e. The van der Waals surface area contributed by atoms with Gasteiger partial charge in [-0.15, -0.1) is 6.58 Å². The summed E-state index contributed by atoms with van der Waals surface area (Å²) in [5.41, 5.74) is 1.06. The molecule has 0 bridgehead atoms. The quantitative estimate of drug-likeness (QED) is 0.356. The number of carbonyl (C=O) groups excluding carboxylic acids is 1. The van der Waals surface area contributed by atoms with Crippen molar-refractivity contribution in [1.82, 2.24) is 0 Å². The van der Waals surface area contributed by atoms with Crippen LogP contribution in [0.5, 0.6) is 0 Å². The Bertz CT molecular complexity index is 469. The van der Waals surface area contributed by atoms with E-state index in [0.29, 0.717) is 19.4 Å². The summed E-state index contributed by atoms with van der Waals surface area (Å²) in [6.45, 7) is 6.54. The molecule has 3 nitrogen and oxygen atoms in total. The van der Waals surface area contributed by atoms with Crippen molar-refractivity contribution in [2.24, 2.45) is 5.92 Å². The van der Waals surface area contributed by atoms with Gasteiger partial charge in [-0.05, 0) is 18.4 Å². The number of ether oxygens (including phenoxy) is 1. The number of unbranched alkanes of at least 4 members (excludes halogenated alkanes) is 5. The highest BCUT2D eigenvalue weighted by molar-refractivity contribution is 5.81. The molecule has 0 unspecified atom stereocenters. The molecule has 1 aromatic carbocycles. The van der Waals surface area contributed by atoms with Crippen LogP contribution in [0.1, 0.15) is 63.9 Å². The summed E-state index contributed by atoms with van der Waals surface area (Å²) in [5.74, 6) is -0.268. The molecule has 0 saturated carbocycles. The lowest BCUT2D eigenvalue weighted by Gasteiger charge is -2.21. The zero-order valence-corrected chi connectivity index (χ0v) is 15.7. The molecular weight excluding hydrogens is 312 g/mol. The first-order valence-electron chi connectivity index (χ1n) is 9.62. The average molecular weight is 347 g/mol. The third-order valence-electron chi connectivity index (χ3n) is 4.48. The Morgan fingerprint density at radius 3 is 2.52 bits per heavy atom. The van der Waals surface area contributed by atoms with E-state index in [1.165, 1.54) is 25.7 Å². The van der Waals surface area contributed by atoms with E-state index in [0.717, 1.165) is 18.4 Å². The van der Waals surface area contributed by atoms with Crippen molar-refractivity contribution in [1.29, 1.82) is 0 Å². The Morgan fingerprint density at radius 1 is 1.16 bits per heavy atom. The molecule has 0 fully saturated rings. The van der Waals surface area contributed by atoms with Crippen LogP contribution in [0.25, 0.3) is 0 Å². The highest BCUT2D eigenvalue weighted by atomic mass is 16.5. The molecule has 0 heterocycles. The number of ketones is 1. The topological polar surface area (TPSA) is 46.5 Å². The summed E-state index contributed by atoms with van der Waals surface area (Å²) in [4.78, 5) is 12.4. The van der Waals surface area contributed by atoms with Crippen molar-refractivity contribution in [3.63, 3.8) is 0 Å². The summed E-state index contributed by atoms with van der Waals surface area (Å²) < 4.78 is 5.59. The molecule has 2 atom stereocenters. The van der Waals surface area contributed by atoms with E-state index in [1.807, 2.05) is 30.3 Å². The summed E-state index contributed by atoms with van der Waals surface area (Å²) in [7, 11) is 0. The van der Waals surface area contributed by atoms with Crippen molar-refractivity contribution in [3.05, 3.63) is 48.6 Å². The Labute approximate surface area is 153 Å². The molecule has 140 valence electrons. The van der Waals surface area contributed by atoms with E-state index < -0.39 is 12.0 Å². The van der Waals surface area contributed by atoms with Gasteiger partial charge in [0.25, 0.3) is 0 Å². The zero-order valence-electron chi connectivity index (χ0n) is 15.7. The predicted molar refractivity (Wildman–Crippen MR) is 103 cm³/mol. The molecule has 25 heavy (non-hydrogen) atoms. The zero-order chi connectivity index (χ0) is 18.3. The molecule has 0 aromatic heterocycles. The Kier molecular flexibility index (Phi) is 11.9. The molecule has 0 aliphatic carbocycles. The molecular formula is C22H34O3.